The minimum absolute atomic E-state index is 0.0799. The van der Waals surface area contributed by atoms with Crippen molar-refractivity contribution in [2.24, 2.45) is 0 Å². The summed E-state index contributed by atoms with van der Waals surface area (Å²) in [7, 11) is 1.92. The fourth-order valence-electron chi connectivity index (χ4n) is 2.84. The largest absolute Gasteiger partial charge is 0.489 e. The molecule has 6 heteroatoms. The number of carbonyl (C=O) groups is 1. The Morgan fingerprint density at radius 2 is 2.19 bits per heavy atom. The molecule has 26 heavy (non-hydrogen) atoms. The number of halogens is 1. The van der Waals surface area contributed by atoms with Gasteiger partial charge in [-0.2, -0.15) is 0 Å². The monoisotopic (exact) mass is 358 g/mol. The molecule has 2 aromatic carbocycles. The van der Waals surface area contributed by atoms with Crippen molar-refractivity contribution in [3.8, 4) is 5.75 Å². The molecular weight excluding hydrogens is 335 g/mol. The predicted molar refractivity (Wildman–Crippen MR) is 97.8 cm³/mol. The van der Waals surface area contributed by atoms with E-state index in [1.165, 1.54) is 12.1 Å². The molecule has 1 aliphatic rings. The van der Waals surface area contributed by atoms with Gasteiger partial charge in [0.05, 0.1) is 13.2 Å². The number of benzene rings is 2. The van der Waals surface area contributed by atoms with E-state index in [0.717, 1.165) is 23.4 Å². The second-order valence-electron chi connectivity index (χ2n) is 6.46. The molecule has 1 heterocycles. The number of amides is 1. The van der Waals surface area contributed by atoms with Gasteiger partial charge in [-0.3, -0.25) is 9.69 Å². The van der Waals surface area contributed by atoms with Crippen molar-refractivity contribution in [3.05, 3.63) is 59.4 Å². The van der Waals surface area contributed by atoms with E-state index in [-0.39, 0.29) is 24.4 Å². The highest BCUT2D eigenvalue weighted by Crippen LogP contribution is 2.23. The summed E-state index contributed by atoms with van der Waals surface area (Å²) in [4.78, 5) is 14.4. The number of ether oxygens (including phenoxy) is 2. The Kier molecular flexibility index (Phi) is 5.85. The second-order valence-corrected chi connectivity index (χ2v) is 6.46. The molecule has 0 radical (unpaired) electrons. The van der Waals surface area contributed by atoms with Crippen molar-refractivity contribution in [3.63, 3.8) is 0 Å². The van der Waals surface area contributed by atoms with Crippen LogP contribution in [-0.2, 0) is 16.1 Å². The Morgan fingerprint density at radius 1 is 1.35 bits per heavy atom. The first kappa shape index (κ1) is 18.4. The third-order valence-corrected chi connectivity index (χ3v) is 4.45. The Morgan fingerprint density at radius 3 is 2.92 bits per heavy atom. The lowest BCUT2D eigenvalue weighted by molar-refractivity contribution is -0.126. The van der Waals surface area contributed by atoms with E-state index in [1.807, 2.05) is 37.1 Å². The van der Waals surface area contributed by atoms with E-state index in [1.54, 1.807) is 12.1 Å². The fourth-order valence-corrected chi connectivity index (χ4v) is 2.84. The molecule has 2 aromatic rings. The van der Waals surface area contributed by atoms with Crippen LogP contribution in [0.1, 0.15) is 11.1 Å². The zero-order valence-corrected chi connectivity index (χ0v) is 15.0. The summed E-state index contributed by atoms with van der Waals surface area (Å²) in [6.45, 7) is 3.98. The van der Waals surface area contributed by atoms with Gasteiger partial charge in [0.2, 0.25) is 5.91 Å². The van der Waals surface area contributed by atoms with Crippen molar-refractivity contribution in [1.29, 1.82) is 0 Å². The topological polar surface area (TPSA) is 50.8 Å². The van der Waals surface area contributed by atoms with Gasteiger partial charge in [0, 0.05) is 12.2 Å². The van der Waals surface area contributed by atoms with Crippen LogP contribution in [0.2, 0.25) is 0 Å². The van der Waals surface area contributed by atoms with Crippen LogP contribution in [0, 0.1) is 12.7 Å². The summed E-state index contributed by atoms with van der Waals surface area (Å²) in [6, 6.07) is 11.5. The van der Waals surface area contributed by atoms with Crippen LogP contribution in [-0.4, -0.2) is 43.7 Å². The highest BCUT2D eigenvalue weighted by atomic mass is 19.1. The predicted octanol–water partition coefficient (Wildman–Crippen LogP) is 2.98. The van der Waals surface area contributed by atoms with Crippen LogP contribution in [0.4, 0.5) is 10.1 Å². The molecule has 5 nitrogen and oxygen atoms in total. The van der Waals surface area contributed by atoms with E-state index in [9.17, 15) is 9.18 Å². The number of carbonyl (C=O) groups excluding carboxylic acids is 1. The van der Waals surface area contributed by atoms with Crippen molar-refractivity contribution in [1.82, 2.24) is 4.90 Å². The number of rotatable bonds is 5. The quantitative estimate of drug-likeness (QED) is 0.893. The van der Waals surface area contributed by atoms with Crippen LogP contribution in [0.5, 0.6) is 5.75 Å². The van der Waals surface area contributed by atoms with Crippen molar-refractivity contribution < 1.29 is 18.7 Å². The number of aryl methyl sites for hydroxylation is 1. The average molecular weight is 358 g/mol. The minimum atomic E-state index is -0.285. The van der Waals surface area contributed by atoms with Crippen molar-refractivity contribution in [2.75, 3.05) is 32.1 Å². The van der Waals surface area contributed by atoms with Gasteiger partial charge in [-0.1, -0.05) is 12.1 Å². The van der Waals surface area contributed by atoms with E-state index >= 15 is 0 Å². The molecule has 138 valence electrons. The summed E-state index contributed by atoms with van der Waals surface area (Å²) in [5.41, 5.74) is 2.40. The molecule has 0 bridgehead atoms. The molecule has 1 aliphatic heterocycles. The van der Waals surface area contributed by atoms with E-state index in [4.69, 9.17) is 9.47 Å². The number of likely N-dealkylation sites (N-methyl/N-ethyl adjacent to an activating group) is 1. The zero-order chi connectivity index (χ0) is 18.5. The molecule has 0 aliphatic carbocycles. The molecule has 1 atom stereocenters. The number of anilines is 1. The maximum atomic E-state index is 13.2. The second kappa shape index (κ2) is 8.29. The van der Waals surface area contributed by atoms with Gasteiger partial charge < -0.3 is 14.8 Å². The molecule has 1 saturated heterocycles. The highest BCUT2D eigenvalue weighted by molar-refractivity contribution is 5.95. The van der Waals surface area contributed by atoms with Crippen molar-refractivity contribution >= 4 is 11.6 Å². The summed E-state index contributed by atoms with van der Waals surface area (Å²) in [6.07, 6.45) is 0. The maximum Gasteiger partial charge on any atom is 0.244 e. The van der Waals surface area contributed by atoms with Crippen LogP contribution in [0.15, 0.2) is 42.5 Å². The lowest BCUT2D eigenvalue weighted by Gasteiger charge is -2.31. The first-order chi connectivity index (χ1) is 12.5. The van der Waals surface area contributed by atoms with Gasteiger partial charge in [-0.15, -0.1) is 0 Å². The maximum absolute atomic E-state index is 13.2. The summed E-state index contributed by atoms with van der Waals surface area (Å²) in [5.74, 6) is 0.309. The lowest BCUT2D eigenvalue weighted by Crippen LogP contribution is -2.49. The zero-order valence-electron chi connectivity index (χ0n) is 15.0. The molecule has 0 aromatic heterocycles. The number of hydrogen-bond acceptors (Lipinski definition) is 4. The fraction of sp³-hybridized carbons (Fsp3) is 0.350. The lowest BCUT2D eigenvalue weighted by atomic mass is 10.1. The Balaban J connectivity index is 1.61. The summed E-state index contributed by atoms with van der Waals surface area (Å²) < 4.78 is 24.3. The smallest absolute Gasteiger partial charge is 0.244 e. The van der Waals surface area contributed by atoms with Gasteiger partial charge in [0.25, 0.3) is 0 Å². The molecule has 0 saturated carbocycles. The normalized spacial score (nSPS) is 17.7. The molecule has 1 fully saturated rings. The third kappa shape index (κ3) is 4.59. The summed E-state index contributed by atoms with van der Waals surface area (Å²) >= 11 is 0. The van der Waals surface area contributed by atoms with Gasteiger partial charge in [-0.05, 0) is 55.4 Å². The number of nitrogens with one attached hydrogen (secondary N) is 1. The number of nitrogens with zero attached hydrogens (tertiary/aromatic N) is 1. The molecular formula is C20H23FN2O3. The molecule has 3 rings (SSSR count). The van der Waals surface area contributed by atoms with Crippen LogP contribution in [0.25, 0.3) is 0 Å². The summed E-state index contributed by atoms with van der Waals surface area (Å²) in [5, 5.41) is 2.95. The Labute approximate surface area is 152 Å². The van der Waals surface area contributed by atoms with Gasteiger partial charge in [-0.25, -0.2) is 4.39 Å². The first-order valence-electron chi connectivity index (χ1n) is 8.59. The third-order valence-electron chi connectivity index (χ3n) is 4.45. The number of hydrogen-bond donors (Lipinski definition) is 1. The van der Waals surface area contributed by atoms with E-state index < -0.39 is 0 Å². The van der Waals surface area contributed by atoms with Gasteiger partial charge in [0.1, 0.15) is 24.2 Å². The van der Waals surface area contributed by atoms with Crippen LogP contribution >= 0.6 is 0 Å². The minimum Gasteiger partial charge on any atom is -0.489 e. The molecule has 1 N–H and O–H groups in total. The average Bonchev–Trinajstić information content (AvgIpc) is 2.62. The number of morpholine rings is 1. The first-order valence-corrected chi connectivity index (χ1v) is 8.59. The standard InChI is InChI=1S/C20H23FN2O3/c1-14-10-17(26-12-15-4-3-5-16(21)11-15)6-7-18(14)22-20(24)19-13-25-9-8-23(19)2/h3-7,10-11,19H,8-9,12-13H2,1-2H3,(H,22,24)/t19-/m1/s1. The van der Waals surface area contributed by atoms with Crippen molar-refractivity contribution in [2.45, 2.75) is 19.6 Å². The van der Waals surface area contributed by atoms with Gasteiger partial charge in [0.15, 0.2) is 0 Å². The molecule has 0 spiro atoms. The van der Waals surface area contributed by atoms with Gasteiger partial charge >= 0.3 is 0 Å². The van der Waals surface area contributed by atoms with E-state index in [2.05, 4.69) is 5.32 Å². The SMILES string of the molecule is Cc1cc(OCc2cccc(F)c2)ccc1NC(=O)[C@H]1COCCN1C. The van der Waals surface area contributed by atoms with Crippen LogP contribution < -0.4 is 10.1 Å². The molecule has 1 amide bonds. The molecule has 0 unspecified atom stereocenters. The Bertz CT molecular complexity index is 781. The van der Waals surface area contributed by atoms with E-state index in [0.29, 0.717) is 19.0 Å². The highest BCUT2D eigenvalue weighted by Gasteiger charge is 2.26. The van der Waals surface area contributed by atoms with Crippen LogP contribution in [0.3, 0.4) is 0 Å². The Hall–Kier alpha value is -2.44.